The summed E-state index contributed by atoms with van der Waals surface area (Å²) in [6, 6.07) is 12.5. The van der Waals surface area contributed by atoms with Crippen LogP contribution in [0.4, 0.5) is 0 Å². The van der Waals surface area contributed by atoms with Gasteiger partial charge in [-0.05, 0) is 48.6 Å². The van der Waals surface area contributed by atoms with Crippen molar-refractivity contribution in [3.05, 3.63) is 59.5 Å². The van der Waals surface area contributed by atoms with Crippen molar-refractivity contribution in [1.82, 2.24) is 15.5 Å². The number of nitrogens with zero attached hydrogens (tertiary/aromatic N) is 2. The lowest BCUT2D eigenvalue weighted by Crippen LogP contribution is -2.47. The van der Waals surface area contributed by atoms with E-state index in [1.165, 1.54) is 17.5 Å². The molecule has 2 atom stereocenters. The van der Waals surface area contributed by atoms with Gasteiger partial charge in [-0.25, -0.2) is 0 Å². The summed E-state index contributed by atoms with van der Waals surface area (Å²) in [7, 11) is 3.95. The minimum Gasteiger partial charge on any atom is -0.468 e. The van der Waals surface area contributed by atoms with E-state index >= 15 is 0 Å². The standard InChI is InChI=1S/C26H40N4O2/c1-26(2,3)24-21(12-8-15-32-24)17-29-25(27-4)28-16-20-10-6-7-11-22(20)18-30(5)19-23-13-9-14-31-23/h6-7,9-11,13-14,21,24H,8,12,15-19H2,1-5H3,(H2,27,28,29). The van der Waals surface area contributed by atoms with Gasteiger partial charge in [-0.3, -0.25) is 9.89 Å². The van der Waals surface area contributed by atoms with E-state index in [-0.39, 0.29) is 11.5 Å². The zero-order valence-electron chi connectivity index (χ0n) is 20.4. The molecule has 3 rings (SSSR count). The Labute approximate surface area is 193 Å². The third-order valence-corrected chi connectivity index (χ3v) is 6.06. The van der Waals surface area contributed by atoms with Crippen molar-refractivity contribution in [2.24, 2.45) is 16.3 Å². The highest BCUT2D eigenvalue weighted by molar-refractivity contribution is 5.79. The molecule has 0 spiro atoms. The lowest BCUT2D eigenvalue weighted by molar-refractivity contribution is -0.0835. The van der Waals surface area contributed by atoms with Crippen LogP contribution in [0.15, 0.2) is 52.1 Å². The zero-order valence-corrected chi connectivity index (χ0v) is 20.4. The molecule has 32 heavy (non-hydrogen) atoms. The molecule has 2 aromatic rings. The molecule has 2 unspecified atom stereocenters. The number of nitrogens with one attached hydrogen (secondary N) is 2. The second kappa shape index (κ2) is 11.5. The van der Waals surface area contributed by atoms with E-state index in [2.05, 4.69) is 72.6 Å². The van der Waals surface area contributed by atoms with E-state index in [9.17, 15) is 0 Å². The van der Waals surface area contributed by atoms with Crippen LogP contribution < -0.4 is 10.6 Å². The Morgan fingerprint density at radius 2 is 1.88 bits per heavy atom. The van der Waals surface area contributed by atoms with E-state index < -0.39 is 0 Å². The first kappa shape index (κ1) is 24.3. The monoisotopic (exact) mass is 440 g/mol. The molecule has 1 aliphatic rings. The summed E-state index contributed by atoms with van der Waals surface area (Å²) in [5.74, 6) is 2.31. The fourth-order valence-corrected chi connectivity index (χ4v) is 4.54. The molecule has 1 aromatic heterocycles. The highest BCUT2D eigenvalue weighted by atomic mass is 16.5. The zero-order chi connectivity index (χ0) is 23.0. The van der Waals surface area contributed by atoms with Crippen molar-refractivity contribution in [1.29, 1.82) is 0 Å². The second-order valence-corrected chi connectivity index (χ2v) is 9.89. The molecule has 0 saturated carbocycles. The van der Waals surface area contributed by atoms with E-state index in [4.69, 9.17) is 9.15 Å². The smallest absolute Gasteiger partial charge is 0.191 e. The van der Waals surface area contributed by atoms with E-state index in [0.29, 0.717) is 5.92 Å². The van der Waals surface area contributed by atoms with Gasteiger partial charge in [-0.1, -0.05) is 45.0 Å². The summed E-state index contributed by atoms with van der Waals surface area (Å²) in [6.45, 7) is 10.9. The Balaban J connectivity index is 1.53. The van der Waals surface area contributed by atoms with Gasteiger partial charge in [-0.2, -0.15) is 0 Å². The maximum atomic E-state index is 6.13. The minimum absolute atomic E-state index is 0.143. The molecule has 6 heteroatoms. The van der Waals surface area contributed by atoms with Crippen LogP contribution in [0, 0.1) is 11.3 Å². The van der Waals surface area contributed by atoms with Crippen LogP contribution in [0.25, 0.3) is 0 Å². The van der Waals surface area contributed by atoms with Gasteiger partial charge in [0.25, 0.3) is 0 Å². The van der Waals surface area contributed by atoms with Gasteiger partial charge in [0.1, 0.15) is 5.76 Å². The van der Waals surface area contributed by atoms with Gasteiger partial charge in [0, 0.05) is 39.2 Å². The number of rotatable bonds is 8. The first-order valence-corrected chi connectivity index (χ1v) is 11.7. The molecule has 176 valence electrons. The summed E-state index contributed by atoms with van der Waals surface area (Å²) in [6.07, 6.45) is 4.32. The first-order valence-electron chi connectivity index (χ1n) is 11.7. The van der Waals surface area contributed by atoms with Gasteiger partial charge in [0.05, 0.1) is 18.9 Å². The lowest BCUT2D eigenvalue weighted by Gasteiger charge is -2.40. The quantitative estimate of drug-likeness (QED) is 0.470. The van der Waals surface area contributed by atoms with E-state index in [0.717, 1.165) is 50.9 Å². The Morgan fingerprint density at radius 1 is 1.09 bits per heavy atom. The number of hydrogen-bond acceptors (Lipinski definition) is 4. The number of benzene rings is 1. The number of aliphatic imine (C=N–C) groups is 1. The van der Waals surface area contributed by atoms with Crippen LogP contribution in [0.2, 0.25) is 0 Å². The predicted molar refractivity (Wildman–Crippen MR) is 130 cm³/mol. The number of ether oxygens (including phenoxy) is 1. The SMILES string of the molecule is CN=C(NCc1ccccc1CN(C)Cc1ccco1)NCC1CCCOC1C(C)(C)C. The summed E-state index contributed by atoms with van der Waals surface area (Å²) >= 11 is 0. The molecule has 0 aliphatic carbocycles. The summed E-state index contributed by atoms with van der Waals surface area (Å²) in [5, 5.41) is 7.04. The molecule has 1 saturated heterocycles. The molecular formula is C26H40N4O2. The second-order valence-electron chi connectivity index (χ2n) is 9.89. The Bertz CT molecular complexity index is 842. The Hall–Kier alpha value is -2.31. The molecule has 0 bridgehead atoms. The molecule has 6 nitrogen and oxygen atoms in total. The van der Waals surface area contributed by atoms with Crippen molar-refractivity contribution >= 4 is 5.96 Å². The Morgan fingerprint density at radius 3 is 2.56 bits per heavy atom. The van der Waals surface area contributed by atoms with Crippen molar-refractivity contribution in [2.45, 2.75) is 59.4 Å². The van der Waals surface area contributed by atoms with Gasteiger partial charge in [0.15, 0.2) is 5.96 Å². The number of guanidine groups is 1. The molecule has 2 N–H and O–H groups in total. The van der Waals surface area contributed by atoms with Gasteiger partial charge >= 0.3 is 0 Å². The van der Waals surface area contributed by atoms with Gasteiger partial charge in [-0.15, -0.1) is 0 Å². The molecule has 0 amide bonds. The van der Waals surface area contributed by atoms with Crippen molar-refractivity contribution in [2.75, 3.05) is 27.2 Å². The summed E-state index contributed by atoms with van der Waals surface area (Å²) in [4.78, 5) is 6.71. The molecule has 1 fully saturated rings. The fourth-order valence-electron chi connectivity index (χ4n) is 4.54. The summed E-state index contributed by atoms with van der Waals surface area (Å²) < 4.78 is 11.6. The third kappa shape index (κ3) is 7.10. The van der Waals surface area contributed by atoms with Crippen molar-refractivity contribution < 1.29 is 9.15 Å². The normalized spacial score (nSPS) is 19.9. The van der Waals surface area contributed by atoms with Crippen LogP contribution in [-0.2, 0) is 24.4 Å². The van der Waals surface area contributed by atoms with Crippen LogP contribution >= 0.6 is 0 Å². The highest BCUT2D eigenvalue weighted by Gasteiger charge is 2.35. The average Bonchev–Trinajstić information content (AvgIpc) is 3.27. The largest absolute Gasteiger partial charge is 0.468 e. The van der Waals surface area contributed by atoms with Gasteiger partial charge in [0.2, 0.25) is 0 Å². The van der Waals surface area contributed by atoms with Crippen LogP contribution in [0.3, 0.4) is 0 Å². The Kier molecular flexibility index (Phi) is 8.76. The lowest BCUT2D eigenvalue weighted by atomic mass is 9.78. The minimum atomic E-state index is 0.143. The molecule has 2 heterocycles. The summed E-state index contributed by atoms with van der Waals surface area (Å²) in [5.41, 5.74) is 2.72. The van der Waals surface area contributed by atoms with Crippen LogP contribution in [-0.4, -0.2) is 44.2 Å². The molecule has 1 aromatic carbocycles. The first-order chi connectivity index (χ1) is 15.4. The topological polar surface area (TPSA) is 62.0 Å². The van der Waals surface area contributed by atoms with E-state index in [1.807, 2.05) is 19.2 Å². The molecule has 1 aliphatic heterocycles. The van der Waals surface area contributed by atoms with Gasteiger partial charge < -0.3 is 19.8 Å². The maximum absolute atomic E-state index is 6.13. The van der Waals surface area contributed by atoms with Crippen LogP contribution in [0.1, 0.15) is 50.5 Å². The third-order valence-electron chi connectivity index (χ3n) is 6.06. The molecular weight excluding hydrogens is 400 g/mol. The van der Waals surface area contributed by atoms with E-state index in [1.54, 1.807) is 6.26 Å². The number of furan rings is 1. The predicted octanol–water partition coefficient (Wildman–Crippen LogP) is 4.42. The van der Waals surface area contributed by atoms with Crippen LogP contribution in [0.5, 0.6) is 0 Å². The van der Waals surface area contributed by atoms with Crippen molar-refractivity contribution in [3.63, 3.8) is 0 Å². The van der Waals surface area contributed by atoms with Crippen molar-refractivity contribution in [3.8, 4) is 0 Å². The maximum Gasteiger partial charge on any atom is 0.191 e. The molecule has 0 radical (unpaired) electrons. The fraction of sp³-hybridized carbons (Fsp3) is 0.577. The average molecular weight is 441 g/mol. The number of hydrogen-bond donors (Lipinski definition) is 2. The highest BCUT2D eigenvalue weighted by Crippen LogP contribution is 2.33.